The third kappa shape index (κ3) is 3.36. The first-order valence-corrected chi connectivity index (χ1v) is 8.88. The number of thiophene rings is 2. The highest BCUT2D eigenvalue weighted by Crippen LogP contribution is 2.32. The zero-order valence-corrected chi connectivity index (χ0v) is 14.1. The molecule has 0 bridgehead atoms. The molecular formula is C20H10N2S2. The van der Waals surface area contributed by atoms with Crippen molar-refractivity contribution < 1.29 is 0 Å². The molecule has 0 unspecified atom stereocenters. The number of hydrogen-bond donors (Lipinski definition) is 0. The van der Waals surface area contributed by atoms with Crippen molar-refractivity contribution >= 4 is 32.1 Å². The third-order valence-corrected chi connectivity index (χ3v) is 5.35. The summed E-state index contributed by atoms with van der Waals surface area (Å²) in [7, 11) is 0. The van der Waals surface area contributed by atoms with Crippen LogP contribution in [0.4, 0.5) is 0 Å². The van der Waals surface area contributed by atoms with Crippen LogP contribution in [0, 0.1) is 23.7 Å². The van der Waals surface area contributed by atoms with Crippen LogP contribution in [0.3, 0.4) is 0 Å². The van der Waals surface area contributed by atoms with E-state index in [4.69, 9.17) is 0 Å². The minimum Gasteiger partial charge on any atom is -0.265 e. The fourth-order valence-electron chi connectivity index (χ4n) is 2.10. The van der Waals surface area contributed by atoms with Crippen molar-refractivity contribution in [3.63, 3.8) is 0 Å². The zero-order valence-electron chi connectivity index (χ0n) is 12.5. The maximum atomic E-state index is 4.00. The topological polar surface area (TPSA) is 25.8 Å². The maximum Gasteiger partial charge on any atom is 0.0793 e. The largest absolute Gasteiger partial charge is 0.265 e. The van der Waals surface area contributed by atoms with Crippen LogP contribution in [0.25, 0.3) is 9.40 Å². The van der Waals surface area contributed by atoms with E-state index in [1.165, 1.54) is 9.40 Å². The second kappa shape index (κ2) is 6.68. The van der Waals surface area contributed by atoms with Crippen molar-refractivity contribution in [3.8, 4) is 23.7 Å². The Morgan fingerprint density at radius 2 is 1.00 bits per heavy atom. The molecule has 0 N–H and O–H groups in total. The van der Waals surface area contributed by atoms with Gasteiger partial charge in [0.1, 0.15) is 0 Å². The zero-order chi connectivity index (χ0) is 16.2. The van der Waals surface area contributed by atoms with Gasteiger partial charge in [-0.05, 0) is 36.4 Å². The fourth-order valence-corrected chi connectivity index (χ4v) is 4.20. The van der Waals surface area contributed by atoms with Crippen LogP contribution in [-0.4, -0.2) is 9.97 Å². The predicted octanol–water partition coefficient (Wildman–Crippen LogP) is 4.55. The third-order valence-electron chi connectivity index (χ3n) is 3.23. The molecule has 4 heterocycles. The van der Waals surface area contributed by atoms with Crippen molar-refractivity contribution in [2.24, 2.45) is 0 Å². The molecule has 4 aromatic heterocycles. The van der Waals surface area contributed by atoms with Gasteiger partial charge in [0.05, 0.1) is 9.75 Å². The van der Waals surface area contributed by atoms with Crippen LogP contribution < -0.4 is 0 Å². The first kappa shape index (κ1) is 14.7. The first-order valence-electron chi connectivity index (χ1n) is 7.24. The van der Waals surface area contributed by atoms with E-state index < -0.39 is 0 Å². The fraction of sp³-hybridized carbons (Fsp3) is 0. The number of rotatable bonds is 0. The van der Waals surface area contributed by atoms with Gasteiger partial charge >= 0.3 is 0 Å². The number of hydrogen-bond acceptors (Lipinski definition) is 4. The second-order valence-electron chi connectivity index (χ2n) is 4.92. The highest BCUT2D eigenvalue weighted by molar-refractivity contribution is 7.28. The maximum absolute atomic E-state index is 4.00. The first-order chi connectivity index (χ1) is 11.9. The summed E-state index contributed by atoms with van der Waals surface area (Å²) < 4.78 is 2.47. The Labute approximate surface area is 147 Å². The van der Waals surface area contributed by atoms with E-state index in [2.05, 4.69) is 45.8 Å². The molecule has 0 saturated carbocycles. The molecule has 4 aromatic rings. The van der Waals surface area contributed by atoms with Crippen LogP contribution in [0.5, 0.6) is 0 Å². The number of aromatic nitrogens is 2. The monoisotopic (exact) mass is 342 g/mol. The van der Waals surface area contributed by atoms with Crippen molar-refractivity contribution in [1.82, 2.24) is 9.97 Å². The standard InChI is InChI=1S/C20H10N2S2/c1(15-5-9-21-10-6-15)3-17-13-19-20(23-17)14-18(24-19)4-2-16-7-11-22-12-8-16/h5-14H. The molecule has 0 fully saturated rings. The number of nitrogens with zero attached hydrogens (tertiary/aromatic N) is 2. The Bertz CT molecular complexity index is 983. The summed E-state index contributed by atoms with van der Waals surface area (Å²) >= 11 is 3.40. The van der Waals surface area contributed by atoms with Gasteiger partial charge in [-0.3, -0.25) is 9.97 Å². The molecule has 0 aliphatic heterocycles. The van der Waals surface area contributed by atoms with Crippen molar-refractivity contribution in [2.45, 2.75) is 0 Å². The van der Waals surface area contributed by atoms with E-state index in [0.29, 0.717) is 0 Å². The van der Waals surface area contributed by atoms with Crippen molar-refractivity contribution in [3.05, 3.63) is 82.1 Å². The van der Waals surface area contributed by atoms with E-state index in [-0.39, 0.29) is 0 Å². The van der Waals surface area contributed by atoms with Crippen LogP contribution in [0.1, 0.15) is 20.9 Å². The van der Waals surface area contributed by atoms with Crippen LogP contribution in [0.15, 0.2) is 61.2 Å². The molecule has 2 nitrogen and oxygen atoms in total. The molecule has 24 heavy (non-hydrogen) atoms. The van der Waals surface area contributed by atoms with Gasteiger partial charge in [-0.15, -0.1) is 22.7 Å². The summed E-state index contributed by atoms with van der Waals surface area (Å²) in [5.74, 6) is 12.8. The van der Waals surface area contributed by atoms with Gasteiger partial charge in [0.25, 0.3) is 0 Å². The van der Waals surface area contributed by atoms with Gasteiger partial charge in [0, 0.05) is 45.3 Å². The van der Waals surface area contributed by atoms with Crippen LogP contribution in [-0.2, 0) is 0 Å². The second-order valence-corrected chi connectivity index (χ2v) is 7.09. The normalized spacial score (nSPS) is 9.83. The molecule has 4 heteroatoms. The lowest BCUT2D eigenvalue weighted by Crippen LogP contribution is -1.74. The quantitative estimate of drug-likeness (QED) is 0.438. The minimum atomic E-state index is 0.977. The Morgan fingerprint density at radius 1 is 0.583 bits per heavy atom. The van der Waals surface area contributed by atoms with E-state index in [0.717, 1.165) is 20.9 Å². The Kier molecular flexibility index (Phi) is 4.08. The lowest BCUT2D eigenvalue weighted by Gasteiger charge is -1.85. The van der Waals surface area contributed by atoms with Crippen LogP contribution >= 0.6 is 22.7 Å². The highest BCUT2D eigenvalue weighted by Gasteiger charge is 2.04. The van der Waals surface area contributed by atoms with Gasteiger partial charge in [-0.25, -0.2) is 0 Å². The van der Waals surface area contributed by atoms with Gasteiger partial charge < -0.3 is 0 Å². The van der Waals surface area contributed by atoms with Gasteiger partial charge in [0.15, 0.2) is 0 Å². The average Bonchev–Trinajstić information content (AvgIpc) is 3.18. The van der Waals surface area contributed by atoms with E-state index >= 15 is 0 Å². The molecule has 0 aliphatic carbocycles. The highest BCUT2D eigenvalue weighted by atomic mass is 32.1. The molecule has 0 aromatic carbocycles. The lowest BCUT2D eigenvalue weighted by molar-refractivity contribution is 1.32. The van der Waals surface area contributed by atoms with Crippen LogP contribution in [0.2, 0.25) is 0 Å². The summed E-state index contributed by atoms with van der Waals surface area (Å²) in [6.07, 6.45) is 7.02. The molecule has 0 saturated heterocycles. The molecule has 0 radical (unpaired) electrons. The smallest absolute Gasteiger partial charge is 0.0793 e. The van der Waals surface area contributed by atoms with Crippen molar-refractivity contribution in [2.75, 3.05) is 0 Å². The Hall–Kier alpha value is -2.92. The summed E-state index contributed by atoms with van der Waals surface area (Å²) in [5, 5.41) is 0. The molecule has 0 spiro atoms. The van der Waals surface area contributed by atoms with Gasteiger partial charge in [0.2, 0.25) is 0 Å². The lowest BCUT2D eigenvalue weighted by atomic mass is 10.3. The SMILES string of the molecule is C(#Cc1cc2sc(C#Cc3ccncc3)cc2s1)c1ccncc1. The molecule has 0 amide bonds. The van der Waals surface area contributed by atoms with E-state index in [1.807, 2.05) is 24.3 Å². The van der Waals surface area contributed by atoms with Gasteiger partial charge in [-0.1, -0.05) is 23.7 Å². The van der Waals surface area contributed by atoms with Crippen molar-refractivity contribution in [1.29, 1.82) is 0 Å². The predicted molar refractivity (Wildman–Crippen MR) is 100 cm³/mol. The average molecular weight is 342 g/mol. The van der Waals surface area contributed by atoms with E-state index in [1.54, 1.807) is 47.5 Å². The molecular weight excluding hydrogens is 332 g/mol. The summed E-state index contributed by atoms with van der Waals surface area (Å²) in [4.78, 5) is 10.1. The van der Waals surface area contributed by atoms with E-state index in [9.17, 15) is 0 Å². The minimum absolute atomic E-state index is 0.977. The molecule has 0 atom stereocenters. The Morgan fingerprint density at radius 3 is 1.42 bits per heavy atom. The summed E-state index contributed by atoms with van der Waals surface area (Å²) in [6, 6.07) is 11.9. The molecule has 112 valence electrons. The molecule has 4 rings (SSSR count). The summed E-state index contributed by atoms with van der Waals surface area (Å²) in [6.45, 7) is 0. The molecule has 0 aliphatic rings. The van der Waals surface area contributed by atoms with Gasteiger partial charge in [-0.2, -0.15) is 0 Å². The number of pyridine rings is 2. The Balaban J connectivity index is 1.58. The summed E-state index contributed by atoms with van der Waals surface area (Å²) in [5.41, 5.74) is 1.95. The number of fused-ring (bicyclic) bond motifs is 1.